The minimum atomic E-state index is -0.641. The van der Waals surface area contributed by atoms with Crippen LogP contribution in [0.3, 0.4) is 0 Å². The van der Waals surface area contributed by atoms with Crippen LogP contribution in [0.5, 0.6) is 0 Å². The summed E-state index contributed by atoms with van der Waals surface area (Å²) >= 11 is 0. The van der Waals surface area contributed by atoms with E-state index in [2.05, 4.69) is 33.7 Å². The molecule has 1 amide bonds. The molecule has 2 N–H and O–H groups in total. The number of para-hydroxylation sites is 2. The first-order chi connectivity index (χ1) is 19.4. The molecule has 0 bridgehead atoms. The Morgan fingerprint density at radius 1 is 1.05 bits per heavy atom. The summed E-state index contributed by atoms with van der Waals surface area (Å²) in [4.78, 5) is 24.0. The standard InChI is InChI=1S/C32H34N4O4/c1-4-16-36(3)19-29-21(2)30(23-14-12-22(20-37)13-15-23)40-32(39-29)24-8-7-9-25(17-24)34-31(38)28-18-33-26-10-5-6-11-27(26)35-28/h4-15,17-18,21,29-30,32,37H,1,16,19-20H2,2-3H3,(H,34,38). The van der Waals surface area contributed by atoms with Crippen molar-refractivity contribution in [2.45, 2.75) is 32.0 Å². The highest BCUT2D eigenvalue weighted by atomic mass is 16.7. The molecular weight excluding hydrogens is 504 g/mol. The zero-order valence-electron chi connectivity index (χ0n) is 22.7. The Bertz CT molecular complexity index is 1480. The molecule has 8 nitrogen and oxygen atoms in total. The molecule has 4 atom stereocenters. The average Bonchev–Trinajstić information content (AvgIpc) is 2.98. The third-order valence-electron chi connectivity index (χ3n) is 7.15. The lowest BCUT2D eigenvalue weighted by atomic mass is 9.90. The van der Waals surface area contributed by atoms with Crippen molar-refractivity contribution in [1.29, 1.82) is 0 Å². The van der Waals surface area contributed by atoms with Gasteiger partial charge in [0.1, 0.15) is 5.69 Å². The van der Waals surface area contributed by atoms with Crippen molar-refractivity contribution in [2.75, 3.05) is 25.5 Å². The van der Waals surface area contributed by atoms with Gasteiger partial charge in [0, 0.05) is 30.3 Å². The normalized spacial score (nSPS) is 20.9. The molecule has 1 aromatic heterocycles. The number of hydrogen-bond donors (Lipinski definition) is 2. The Balaban J connectivity index is 1.38. The molecule has 1 aliphatic heterocycles. The van der Waals surface area contributed by atoms with E-state index in [1.807, 2.05) is 85.9 Å². The number of fused-ring (bicyclic) bond motifs is 1. The van der Waals surface area contributed by atoms with Crippen molar-refractivity contribution in [3.05, 3.63) is 114 Å². The van der Waals surface area contributed by atoms with Gasteiger partial charge in [-0.15, -0.1) is 6.58 Å². The molecule has 1 aliphatic rings. The molecule has 206 valence electrons. The quantitative estimate of drug-likeness (QED) is 0.280. The second-order valence-electron chi connectivity index (χ2n) is 10.2. The maximum absolute atomic E-state index is 13.0. The number of aromatic nitrogens is 2. The molecule has 8 heteroatoms. The lowest BCUT2D eigenvalue weighted by Crippen LogP contribution is -2.43. The van der Waals surface area contributed by atoms with Crippen molar-refractivity contribution < 1.29 is 19.4 Å². The molecule has 3 aromatic carbocycles. The van der Waals surface area contributed by atoms with Crippen molar-refractivity contribution in [2.24, 2.45) is 5.92 Å². The summed E-state index contributed by atoms with van der Waals surface area (Å²) in [5, 5.41) is 12.4. The Labute approximate surface area is 234 Å². The van der Waals surface area contributed by atoms with Crippen LogP contribution in [0.4, 0.5) is 5.69 Å². The van der Waals surface area contributed by atoms with E-state index in [1.54, 1.807) is 0 Å². The first-order valence-electron chi connectivity index (χ1n) is 13.4. The molecule has 0 saturated carbocycles. The second kappa shape index (κ2) is 12.5. The van der Waals surface area contributed by atoms with Gasteiger partial charge in [-0.2, -0.15) is 0 Å². The van der Waals surface area contributed by atoms with Crippen LogP contribution >= 0.6 is 0 Å². The predicted molar refractivity (Wildman–Crippen MR) is 155 cm³/mol. The summed E-state index contributed by atoms with van der Waals surface area (Å²) in [7, 11) is 2.04. The van der Waals surface area contributed by atoms with E-state index in [0.29, 0.717) is 17.7 Å². The minimum Gasteiger partial charge on any atom is -0.392 e. The Morgan fingerprint density at radius 2 is 1.82 bits per heavy atom. The number of carbonyl (C=O) groups excluding carboxylic acids is 1. The molecule has 2 heterocycles. The molecule has 1 fully saturated rings. The van der Waals surface area contributed by atoms with Gasteiger partial charge in [-0.1, -0.05) is 61.5 Å². The smallest absolute Gasteiger partial charge is 0.275 e. The molecular formula is C32H34N4O4. The summed E-state index contributed by atoms with van der Waals surface area (Å²) < 4.78 is 13.1. The van der Waals surface area contributed by atoms with E-state index in [1.165, 1.54) is 6.20 Å². The van der Waals surface area contributed by atoms with E-state index in [0.717, 1.165) is 28.8 Å². The van der Waals surface area contributed by atoms with Gasteiger partial charge in [0.05, 0.1) is 36.0 Å². The molecule has 4 unspecified atom stereocenters. The number of benzene rings is 3. The first kappa shape index (κ1) is 27.6. The number of nitrogens with one attached hydrogen (secondary N) is 1. The summed E-state index contributed by atoms with van der Waals surface area (Å²) in [6.45, 7) is 7.43. The Kier molecular flexibility index (Phi) is 8.62. The van der Waals surface area contributed by atoms with Gasteiger partial charge >= 0.3 is 0 Å². The van der Waals surface area contributed by atoms with Crippen molar-refractivity contribution >= 4 is 22.6 Å². The van der Waals surface area contributed by atoms with Crippen LogP contribution in [0.25, 0.3) is 11.0 Å². The van der Waals surface area contributed by atoms with Crippen LogP contribution in [-0.4, -0.2) is 52.1 Å². The number of amides is 1. The fraction of sp³-hybridized carbons (Fsp3) is 0.281. The van der Waals surface area contributed by atoms with E-state index in [4.69, 9.17) is 9.47 Å². The number of ether oxygens (including phenoxy) is 2. The Hall–Kier alpha value is -3.95. The number of rotatable bonds is 9. The van der Waals surface area contributed by atoms with Crippen LogP contribution in [0.2, 0.25) is 0 Å². The second-order valence-corrected chi connectivity index (χ2v) is 10.2. The maximum Gasteiger partial charge on any atom is 0.275 e. The first-order valence-corrected chi connectivity index (χ1v) is 13.4. The van der Waals surface area contributed by atoms with Crippen LogP contribution in [0.1, 0.15) is 46.5 Å². The van der Waals surface area contributed by atoms with Gasteiger partial charge in [0.25, 0.3) is 5.91 Å². The van der Waals surface area contributed by atoms with E-state index >= 15 is 0 Å². The Morgan fingerprint density at radius 3 is 2.58 bits per heavy atom. The minimum absolute atomic E-state index is 0.00856. The van der Waals surface area contributed by atoms with Gasteiger partial charge in [-0.3, -0.25) is 9.78 Å². The maximum atomic E-state index is 13.0. The summed E-state index contributed by atoms with van der Waals surface area (Å²) in [5.74, 6) is -0.280. The van der Waals surface area contributed by atoms with Gasteiger partial charge in [0.15, 0.2) is 6.29 Å². The molecule has 0 aliphatic carbocycles. The number of anilines is 1. The van der Waals surface area contributed by atoms with E-state index in [9.17, 15) is 9.90 Å². The highest BCUT2D eigenvalue weighted by molar-refractivity contribution is 6.03. The number of aliphatic hydroxyl groups is 1. The van der Waals surface area contributed by atoms with Gasteiger partial charge < -0.3 is 24.8 Å². The zero-order valence-corrected chi connectivity index (χ0v) is 22.7. The SMILES string of the molecule is C=CCN(C)CC1OC(c2cccc(NC(=O)c3cnc4ccccc4n3)c2)OC(c2ccc(CO)cc2)C1C. The molecule has 5 rings (SSSR count). The van der Waals surface area contributed by atoms with Gasteiger partial charge in [-0.25, -0.2) is 4.98 Å². The van der Waals surface area contributed by atoms with Crippen molar-refractivity contribution in [3.8, 4) is 0 Å². The molecule has 0 radical (unpaired) electrons. The molecule has 4 aromatic rings. The van der Waals surface area contributed by atoms with Crippen LogP contribution in [0.15, 0.2) is 91.6 Å². The molecule has 40 heavy (non-hydrogen) atoms. The summed E-state index contributed by atoms with van der Waals surface area (Å²) in [5.41, 5.74) is 4.90. The highest BCUT2D eigenvalue weighted by Crippen LogP contribution is 2.42. The largest absolute Gasteiger partial charge is 0.392 e. The monoisotopic (exact) mass is 538 g/mol. The van der Waals surface area contributed by atoms with Crippen molar-refractivity contribution in [3.63, 3.8) is 0 Å². The number of hydrogen-bond acceptors (Lipinski definition) is 7. The summed E-state index contributed by atoms with van der Waals surface area (Å²) in [6, 6.07) is 22.8. The van der Waals surface area contributed by atoms with Crippen LogP contribution in [-0.2, 0) is 16.1 Å². The fourth-order valence-corrected chi connectivity index (χ4v) is 4.95. The van der Waals surface area contributed by atoms with E-state index in [-0.39, 0.29) is 36.3 Å². The van der Waals surface area contributed by atoms with E-state index < -0.39 is 6.29 Å². The summed E-state index contributed by atoms with van der Waals surface area (Å²) in [6.07, 6.45) is 2.38. The zero-order chi connectivity index (χ0) is 28.1. The average molecular weight is 539 g/mol. The van der Waals surface area contributed by atoms with Crippen LogP contribution in [0, 0.1) is 5.92 Å². The number of aliphatic hydroxyl groups excluding tert-OH is 1. The topological polar surface area (TPSA) is 96.8 Å². The van der Waals surface area contributed by atoms with Crippen molar-refractivity contribution in [1.82, 2.24) is 14.9 Å². The molecule has 1 saturated heterocycles. The molecule has 0 spiro atoms. The highest BCUT2D eigenvalue weighted by Gasteiger charge is 2.38. The lowest BCUT2D eigenvalue weighted by molar-refractivity contribution is -0.275. The van der Waals surface area contributed by atoms with Gasteiger partial charge in [-0.05, 0) is 42.4 Å². The number of carbonyl (C=O) groups is 1. The lowest BCUT2D eigenvalue weighted by Gasteiger charge is -2.42. The van der Waals surface area contributed by atoms with Crippen LogP contribution < -0.4 is 5.32 Å². The predicted octanol–water partition coefficient (Wildman–Crippen LogP) is 5.28. The van der Waals surface area contributed by atoms with Gasteiger partial charge in [0.2, 0.25) is 0 Å². The third kappa shape index (κ3) is 6.26. The number of nitrogens with zero attached hydrogens (tertiary/aromatic N) is 3. The number of likely N-dealkylation sites (N-methyl/N-ethyl adjacent to an activating group) is 1. The third-order valence-corrected chi connectivity index (χ3v) is 7.15. The fourth-order valence-electron chi connectivity index (χ4n) is 4.95.